The first-order valence-corrected chi connectivity index (χ1v) is 10.9. The van der Waals surface area contributed by atoms with Gasteiger partial charge in [-0.25, -0.2) is 4.79 Å². The molecule has 29 heavy (non-hydrogen) atoms. The maximum atomic E-state index is 11.9. The average Bonchev–Trinajstić information content (AvgIpc) is 2.70. The highest BCUT2D eigenvalue weighted by Crippen LogP contribution is 2.37. The summed E-state index contributed by atoms with van der Waals surface area (Å²) in [4.78, 5) is 11.9. The minimum absolute atomic E-state index is 0.0252. The fourth-order valence-electron chi connectivity index (χ4n) is 4.74. The van der Waals surface area contributed by atoms with Crippen molar-refractivity contribution >= 4 is 5.97 Å². The average molecular weight is 413 g/mol. The quantitative estimate of drug-likeness (QED) is 0.592. The van der Waals surface area contributed by atoms with Crippen LogP contribution in [0.4, 0.5) is 0 Å². The standard InChI is InChI=1S/C22H36O7/c1-4-14(2)20-16(8-6-12-27-20)28-17(21(23)24)9-10-19-22(3,25)13-18-15(29-19)7-5-11-26-18/h4,14-20,25H,1,5-13H2,2-3H3,(H,23,24)/t14-,15-,16+,17?,18+,19+,20-,22-/m0/s1. The highest BCUT2D eigenvalue weighted by molar-refractivity contribution is 5.72. The van der Waals surface area contributed by atoms with Gasteiger partial charge in [-0.1, -0.05) is 13.0 Å². The third-order valence-corrected chi connectivity index (χ3v) is 6.53. The Kier molecular flexibility index (Phi) is 7.73. The molecule has 0 spiro atoms. The molecule has 3 aliphatic heterocycles. The molecule has 1 unspecified atom stereocenters. The zero-order valence-electron chi connectivity index (χ0n) is 17.6. The van der Waals surface area contributed by atoms with Crippen LogP contribution in [0.5, 0.6) is 0 Å². The van der Waals surface area contributed by atoms with Gasteiger partial charge in [-0.3, -0.25) is 0 Å². The van der Waals surface area contributed by atoms with Crippen molar-refractivity contribution in [2.24, 2.45) is 5.92 Å². The Bertz CT molecular complexity index is 563. The lowest BCUT2D eigenvalue weighted by atomic mass is 9.82. The van der Waals surface area contributed by atoms with Crippen LogP contribution in [0.1, 0.15) is 58.8 Å². The number of rotatable bonds is 8. The Hall–Kier alpha value is -0.990. The molecule has 3 saturated heterocycles. The summed E-state index contributed by atoms with van der Waals surface area (Å²) in [6.45, 7) is 8.94. The molecule has 3 rings (SSSR count). The van der Waals surface area contributed by atoms with E-state index in [1.807, 2.05) is 13.0 Å². The maximum Gasteiger partial charge on any atom is 0.332 e. The lowest BCUT2D eigenvalue weighted by Crippen LogP contribution is -2.56. The van der Waals surface area contributed by atoms with Crippen LogP contribution in [0, 0.1) is 5.92 Å². The number of carbonyl (C=O) groups is 1. The summed E-state index contributed by atoms with van der Waals surface area (Å²) in [6, 6.07) is 0. The molecule has 0 radical (unpaired) electrons. The predicted octanol–water partition coefficient (Wildman–Crippen LogP) is 2.69. The van der Waals surface area contributed by atoms with Crippen molar-refractivity contribution in [1.29, 1.82) is 0 Å². The third kappa shape index (κ3) is 5.58. The van der Waals surface area contributed by atoms with E-state index in [0.29, 0.717) is 26.1 Å². The first kappa shape index (κ1) is 22.7. The van der Waals surface area contributed by atoms with Crippen LogP contribution in [-0.4, -0.2) is 71.6 Å². The molecule has 2 N–H and O–H groups in total. The smallest absolute Gasteiger partial charge is 0.332 e. The molecule has 3 aliphatic rings. The van der Waals surface area contributed by atoms with Crippen LogP contribution >= 0.6 is 0 Å². The number of carboxylic acid groups (broad SMARTS) is 1. The van der Waals surface area contributed by atoms with Crippen LogP contribution in [0.3, 0.4) is 0 Å². The van der Waals surface area contributed by atoms with Gasteiger partial charge in [0.1, 0.15) is 0 Å². The van der Waals surface area contributed by atoms with E-state index < -0.39 is 23.8 Å². The Labute approximate surface area is 173 Å². The monoisotopic (exact) mass is 412 g/mol. The van der Waals surface area contributed by atoms with E-state index in [1.165, 1.54) is 0 Å². The van der Waals surface area contributed by atoms with Crippen molar-refractivity contribution in [1.82, 2.24) is 0 Å². The molecular weight excluding hydrogens is 376 g/mol. The Balaban J connectivity index is 1.60. The van der Waals surface area contributed by atoms with E-state index in [1.54, 1.807) is 6.92 Å². The summed E-state index contributed by atoms with van der Waals surface area (Å²) in [5.41, 5.74) is -1.05. The van der Waals surface area contributed by atoms with Crippen molar-refractivity contribution in [3.8, 4) is 0 Å². The fraction of sp³-hybridized carbons (Fsp3) is 0.864. The third-order valence-electron chi connectivity index (χ3n) is 6.53. The number of aliphatic hydroxyl groups is 1. The molecule has 3 heterocycles. The van der Waals surface area contributed by atoms with Crippen LogP contribution in [0.2, 0.25) is 0 Å². The van der Waals surface area contributed by atoms with Gasteiger partial charge in [0.25, 0.3) is 0 Å². The van der Waals surface area contributed by atoms with Gasteiger partial charge in [-0.2, -0.15) is 0 Å². The molecule has 0 saturated carbocycles. The molecule has 0 aromatic heterocycles. The van der Waals surface area contributed by atoms with Gasteiger partial charge in [0, 0.05) is 25.6 Å². The molecule has 166 valence electrons. The number of ether oxygens (including phenoxy) is 4. The second-order valence-electron chi connectivity index (χ2n) is 8.93. The molecule has 0 amide bonds. The topological polar surface area (TPSA) is 94.5 Å². The summed E-state index contributed by atoms with van der Waals surface area (Å²) in [7, 11) is 0. The number of aliphatic carboxylic acids is 1. The first-order valence-electron chi connectivity index (χ1n) is 10.9. The number of hydrogen-bond donors (Lipinski definition) is 2. The van der Waals surface area contributed by atoms with Crippen LogP contribution < -0.4 is 0 Å². The van der Waals surface area contributed by atoms with Gasteiger partial charge in [0.2, 0.25) is 0 Å². The molecule has 7 heteroatoms. The van der Waals surface area contributed by atoms with E-state index in [9.17, 15) is 15.0 Å². The van der Waals surface area contributed by atoms with E-state index in [0.717, 1.165) is 25.7 Å². The number of carboxylic acids is 1. The van der Waals surface area contributed by atoms with Gasteiger partial charge in [-0.05, 0) is 45.4 Å². The number of hydrogen-bond acceptors (Lipinski definition) is 6. The lowest BCUT2D eigenvalue weighted by Gasteiger charge is -2.47. The highest BCUT2D eigenvalue weighted by Gasteiger charge is 2.46. The molecule has 3 fully saturated rings. The van der Waals surface area contributed by atoms with E-state index in [2.05, 4.69) is 6.58 Å². The largest absolute Gasteiger partial charge is 0.479 e. The van der Waals surface area contributed by atoms with Crippen LogP contribution in [0.15, 0.2) is 12.7 Å². The second-order valence-corrected chi connectivity index (χ2v) is 8.93. The molecule has 0 aromatic carbocycles. The summed E-state index contributed by atoms with van der Waals surface area (Å²) < 4.78 is 23.8. The summed E-state index contributed by atoms with van der Waals surface area (Å²) in [6.07, 6.45) is 4.55. The van der Waals surface area contributed by atoms with Gasteiger partial charge < -0.3 is 29.2 Å². The van der Waals surface area contributed by atoms with Crippen molar-refractivity contribution in [2.75, 3.05) is 13.2 Å². The predicted molar refractivity (Wildman–Crippen MR) is 107 cm³/mol. The first-order chi connectivity index (χ1) is 13.8. The zero-order valence-corrected chi connectivity index (χ0v) is 17.6. The summed E-state index contributed by atoms with van der Waals surface area (Å²) in [5.74, 6) is -0.907. The molecule has 0 aromatic rings. The highest BCUT2D eigenvalue weighted by atomic mass is 16.6. The minimum Gasteiger partial charge on any atom is -0.479 e. The molecule has 8 atom stereocenters. The van der Waals surface area contributed by atoms with Gasteiger partial charge in [0.05, 0.1) is 36.1 Å². The fourth-order valence-corrected chi connectivity index (χ4v) is 4.74. The van der Waals surface area contributed by atoms with E-state index in [-0.39, 0.29) is 36.8 Å². The maximum absolute atomic E-state index is 11.9. The summed E-state index contributed by atoms with van der Waals surface area (Å²) >= 11 is 0. The molecule has 0 bridgehead atoms. The normalized spacial score (nSPS) is 39.9. The zero-order chi connectivity index (χ0) is 21.0. The Morgan fingerprint density at radius 3 is 2.72 bits per heavy atom. The lowest BCUT2D eigenvalue weighted by molar-refractivity contribution is -0.238. The van der Waals surface area contributed by atoms with Crippen molar-refractivity contribution < 1.29 is 34.0 Å². The second kappa shape index (κ2) is 9.88. The van der Waals surface area contributed by atoms with Crippen molar-refractivity contribution in [2.45, 2.75) is 101 Å². The van der Waals surface area contributed by atoms with Gasteiger partial charge >= 0.3 is 5.97 Å². The van der Waals surface area contributed by atoms with Gasteiger partial charge in [0.15, 0.2) is 6.10 Å². The van der Waals surface area contributed by atoms with Crippen molar-refractivity contribution in [3.05, 3.63) is 12.7 Å². The van der Waals surface area contributed by atoms with Gasteiger partial charge in [-0.15, -0.1) is 6.58 Å². The molecule has 0 aliphatic carbocycles. The molecular formula is C22H36O7. The van der Waals surface area contributed by atoms with Crippen molar-refractivity contribution in [3.63, 3.8) is 0 Å². The summed E-state index contributed by atoms with van der Waals surface area (Å²) in [5, 5.41) is 20.6. The van der Waals surface area contributed by atoms with E-state index in [4.69, 9.17) is 18.9 Å². The molecule has 7 nitrogen and oxygen atoms in total. The van der Waals surface area contributed by atoms with Crippen LogP contribution in [0.25, 0.3) is 0 Å². The minimum atomic E-state index is -1.05. The Morgan fingerprint density at radius 2 is 2.00 bits per heavy atom. The van der Waals surface area contributed by atoms with Crippen LogP contribution in [-0.2, 0) is 23.7 Å². The number of fused-ring (bicyclic) bond motifs is 1. The SMILES string of the molecule is C=C[C@H](C)[C@@H]1OCCC[C@H]1OC(CC[C@H]1O[C@H]2CCCO[C@@H]2C[C@]1(C)O)C(=O)O. The Morgan fingerprint density at radius 1 is 1.28 bits per heavy atom. The van der Waals surface area contributed by atoms with E-state index >= 15 is 0 Å².